The summed E-state index contributed by atoms with van der Waals surface area (Å²) >= 11 is 5.59. The van der Waals surface area contributed by atoms with Gasteiger partial charge in [0.15, 0.2) is 6.61 Å². The van der Waals surface area contributed by atoms with E-state index in [4.69, 9.17) is 31.3 Å². The first-order valence-electron chi connectivity index (χ1n) is 6.84. The maximum atomic E-state index is 12.7. The summed E-state index contributed by atoms with van der Waals surface area (Å²) in [4.78, 5) is 21.8. The fraction of sp³-hybridized carbons (Fsp3) is 0.125. The molecule has 0 saturated carbocycles. The molecule has 0 heterocycles. The van der Waals surface area contributed by atoms with Gasteiger partial charge >= 0.3 is 18.1 Å². The van der Waals surface area contributed by atoms with Crippen LogP contribution in [0.3, 0.4) is 0 Å². The Morgan fingerprint density at radius 2 is 1.65 bits per heavy atom. The molecule has 0 radical (unpaired) electrons. The molecule has 0 fully saturated rings. The predicted molar refractivity (Wildman–Crippen MR) is 83.1 cm³/mol. The standard InChI is InChI=1S/C16H10ClF3O6/c17-12-6-9(1-3-11(12)16(18,19)20)26-8-2-4-13(25-7-14(21)22)10(5-8)15(23)24/h1-6H,7H2,(H,21,22)(H,23,24). The van der Waals surface area contributed by atoms with Gasteiger partial charge in [0.25, 0.3) is 0 Å². The number of rotatable bonds is 6. The summed E-state index contributed by atoms with van der Waals surface area (Å²) in [5, 5.41) is 17.2. The van der Waals surface area contributed by atoms with Crippen molar-refractivity contribution in [3.8, 4) is 17.2 Å². The monoisotopic (exact) mass is 390 g/mol. The van der Waals surface area contributed by atoms with E-state index in [-0.39, 0.29) is 22.8 Å². The van der Waals surface area contributed by atoms with E-state index in [2.05, 4.69) is 0 Å². The summed E-state index contributed by atoms with van der Waals surface area (Å²) in [7, 11) is 0. The van der Waals surface area contributed by atoms with Crippen molar-refractivity contribution >= 4 is 23.5 Å². The molecule has 2 aromatic carbocycles. The molecule has 2 N–H and O–H groups in total. The molecule has 0 aliphatic rings. The Bertz CT molecular complexity index is 850. The molecule has 0 atom stereocenters. The summed E-state index contributed by atoms with van der Waals surface area (Å²) in [5.74, 6) is -2.94. The van der Waals surface area contributed by atoms with Gasteiger partial charge in [-0.3, -0.25) is 0 Å². The highest BCUT2D eigenvalue weighted by atomic mass is 35.5. The van der Waals surface area contributed by atoms with Crippen LogP contribution >= 0.6 is 11.6 Å². The van der Waals surface area contributed by atoms with Crippen molar-refractivity contribution in [2.75, 3.05) is 6.61 Å². The van der Waals surface area contributed by atoms with Crippen molar-refractivity contribution < 1.29 is 42.4 Å². The number of aliphatic carboxylic acids is 1. The number of hydrogen-bond acceptors (Lipinski definition) is 4. The minimum absolute atomic E-state index is 0.0131. The van der Waals surface area contributed by atoms with E-state index < -0.39 is 35.3 Å². The maximum absolute atomic E-state index is 12.7. The van der Waals surface area contributed by atoms with Gasteiger partial charge in [-0.15, -0.1) is 0 Å². The number of halogens is 4. The third-order valence-corrected chi connectivity index (χ3v) is 3.33. The van der Waals surface area contributed by atoms with Crippen LogP contribution in [0.5, 0.6) is 17.2 Å². The second-order valence-corrected chi connectivity index (χ2v) is 5.29. The average molecular weight is 391 g/mol. The lowest BCUT2D eigenvalue weighted by atomic mass is 10.2. The highest BCUT2D eigenvalue weighted by Gasteiger charge is 2.33. The van der Waals surface area contributed by atoms with E-state index in [0.29, 0.717) is 0 Å². The SMILES string of the molecule is O=C(O)COc1ccc(Oc2ccc(C(F)(F)F)c(Cl)c2)cc1C(=O)O. The molecule has 0 aliphatic carbocycles. The van der Waals surface area contributed by atoms with Crippen LogP contribution < -0.4 is 9.47 Å². The van der Waals surface area contributed by atoms with Gasteiger partial charge in [-0.1, -0.05) is 11.6 Å². The van der Waals surface area contributed by atoms with Crippen molar-refractivity contribution in [1.82, 2.24) is 0 Å². The highest BCUT2D eigenvalue weighted by Crippen LogP contribution is 2.37. The molecule has 0 aliphatic heterocycles. The molecule has 2 aromatic rings. The Hall–Kier alpha value is -2.94. The molecule has 0 spiro atoms. The fourth-order valence-electron chi connectivity index (χ4n) is 1.93. The Morgan fingerprint density at radius 3 is 2.19 bits per heavy atom. The first-order chi connectivity index (χ1) is 12.1. The van der Waals surface area contributed by atoms with Gasteiger partial charge in [0.1, 0.15) is 22.8 Å². The summed E-state index contributed by atoms with van der Waals surface area (Å²) in [6.45, 7) is -0.741. The average Bonchev–Trinajstić information content (AvgIpc) is 2.52. The quantitative estimate of drug-likeness (QED) is 0.763. The van der Waals surface area contributed by atoms with Crippen molar-refractivity contribution in [3.63, 3.8) is 0 Å². The van der Waals surface area contributed by atoms with E-state index >= 15 is 0 Å². The third-order valence-electron chi connectivity index (χ3n) is 3.01. The molecular weight excluding hydrogens is 381 g/mol. The second kappa shape index (κ2) is 7.52. The Balaban J connectivity index is 2.27. The lowest BCUT2D eigenvalue weighted by molar-refractivity contribution is -0.139. The molecule has 0 unspecified atom stereocenters. The normalized spacial score (nSPS) is 11.1. The summed E-state index contributed by atoms with van der Waals surface area (Å²) in [5.41, 5.74) is -1.41. The van der Waals surface area contributed by atoms with Gasteiger partial charge in [-0.05, 0) is 30.3 Å². The van der Waals surface area contributed by atoms with Crippen molar-refractivity contribution in [2.45, 2.75) is 6.18 Å². The number of benzene rings is 2. The Labute approximate surface area is 149 Å². The zero-order chi connectivity index (χ0) is 19.5. The third kappa shape index (κ3) is 4.79. The molecular formula is C16H10ClF3O6. The lowest BCUT2D eigenvalue weighted by Gasteiger charge is -2.12. The van der Waals surface area contributed by atoms with E-state index in [1.807, 2.05) is 0 Å². The van der Waals surface area contributed by atoms with Crippen LogP contribution in [0.1, 0.15) is 15.9 Å². The van der Waals surface area contributed by atoms with Crippen LogP contribution in [-0.2, 0) is 11.0 Å². The van der Waals surface area contributed by atoms with Gasteiger partial charge in [0, 0.05) is 6.07 Å². The zero-order valence-electron chi connectivity index (χ0n) is 12.7. The van der Waals surface area contributed by atoms with Gasteiger partial charge in [0.2, 0.25) is 0 Å². The van der Waals surface area contributed by atoms with Crippen LogP contribution in [0.15, 0.2) is 36.4 Å². The minimum atomic E-state index is -4.62. The van der Waals surface area contributed by atoms with E-state index in [1.54, 1.807) is 0 Å². The van der Waals surface area contributed by atoms with Gasteiger partial charge in [-0.2, -0.15) is 13.2 Å². The second-order valence-electron chi connectivity index (χ2n) is 4.89. The number of carbonyl (C=O) groups is 2. The number of aromatic carboxylic acids is 1. The molecule has 0 aromatic heterocycles. The topological polar surface area (TPSA) is 93.1 Å². The van der Waals surface area contributed by atoms with Crippen LogP contribution in [0.2, 0.25) is 5.02 Å². The van der Waals surface area contributed by atoms with Crippen molar-refractivity contribution in [2.24, 2.45) is 0 Å². The number of carboxylic acid groups (broad SMARTS) is 2. The predicted octanol–water partition coefficient (Wildman–Crippen LogP) is 4.31. The number of carboxylic acids is 2. The molecule has 0 bridgehead atoms. The van der Waals surface area contributed by atoms with Gasteiger partial charge in [0.05, 0.1) is 10.6 Å². The van der Waals surface area contributed by atoms with E-state index in [1.165, 1.54) is 12.1 Å². The first-order valence-corrected chi connectivity index (χ1v) is 7.22. The van der Waals surface area contributed by atoms with Crippen LogP contribution in [-0.4, -0.2) is 28.8 Å². The maximum Gasteiger partial charge on any atom is 0.417 e. The fourth-order valence-corrected chi connectivity index (χ4v) is 2.21. The molecule has 2 rings (SSSR count). The number of hydrogen-bond donors (Lipinski definition) is 2. The largest absolute Gasteiger partial charge is 0.481 e. The molecule has 138 valence electrons. The van der Waals surface area contributed by atoms with Crippen molar-refractivity contribution in [3.05, 3.63) is 52.5 Å². The lowest BCUT2D eigenvalue weighted by Crippen LogP contribution is -2.12. The van der Waals surface area contributed by atoms with Crippen LogP contribution in [0.25, 0.3) is 0 Å². The molecule has 10 heteroatoms. The number of alkyl halides is 3. The van der Waals surface area contributed by atoms with Gasteiger partial charge < -0.3 is 19.7 Å². The Kier molecular flexibility index (Phi) is 5.61. The molecule has 0 amide bonds. The smallest absolute Gasteiger partial charge is 0.417 e. The summed E-state index contributed by atoms with van der Waals surface area (Å²) in [6.07, 6.45) is -4.62. The van der Waals surface area contributed by atoms with E-state index in [0.717, 1.165) is 24.3 Å². The molecule has 6 nitrogen and oxygen atoms in total. The minimum Gasteiger partial charge on any atom is -0.481 e. The van der Waals surface area contributed by atoms with Crippen molar-refractivity contribution in [1.29, 1.82) is 0 Å². The molecule has 0 saturated heterocycles. The number of ether oxygens (including phenoxy) is 2. The summed E-state index contributed by atoms with van der Waals surface area (Å²) < 4.78 is 48.2. The van der Waals surface area contributed by atoms with E-state index in [9.17, 15) is 22.8 Å². The Morgan fingerprint density at radius 1 is 1.04 bits per heavy atom. The first kappa shape index (κ1) is 19.4. The van der Waals surface area contributed by atoms with Crippen LogP contribution in [0, 0.1) is 0 Å². The summed E-state index contributed by atoms with van der Waals surface area (Å²) in [6, 6.07) is 6.21. The van der Waals surface area contributed by atoms with Crippen LogP contribution in [0.4, 0.5) is 13.2 Å². The van der Waals surface area contributed by atoms with Gasteiger partial charge in [-0.25, -0.2) is 9.59 Å². The highest BCUT2D eigenvalue weighted by molar-refractivity contribution is 6.31. The zero-order valence-corrected chi connectivity index (χ0v) is 13.5. The molecule has 26 heavy (non-hydrogen) atoms.